The first-order valence-electron chi connectivity index (χ1n) is 9.00. The normalized spacial score (nSPS) is 19.3. The van der Waals surface area contributed by atoms with Crippen LogP contribution in [0.2, 0.25) is 0 Å². The van der Waals surface area contributed by atoms with E-state index >= 15 is 0 Å². The molecule has 3 N–H and O–H groups in total. The van der Waals surface area contributed by atoms with E-state index in [1.807, 2.05) is 36.4 Å². The average Bonchev–Trinajstić information content (AvgIpc) is 3.50. The number of carbonyl (C=O) groups is 1. The number of hydrogen-bond donors (Lipinski definition) is 3. The van der Waals surface area contributed by atoms with Crippen LogP contribution in [0.3, 0.4) is 0 Å². The minimum Gasteiger partial charge on any atom is -0.486 e. The zero-order chi connectivity index (χ0) is 19.8. The Bertz CT molecular complexity index is 979. The van der Waals surface area contributed by atoms with Gasteiger partial charge in [-0.3, -0.25) is 4.79 Å². The van der Waals surface area contributed by atoms with Crippen LogP contribution < -0.4 is 19.5 Å². The molecule has 0 radical (unpaired) electrons. The maximum Gasteiger partial charge on any atom is 0.358 e. The van der Waals surface area contributed by atoms with Crippen LogP contribution in [-0.2, 0) is 21.0 Å². The summed E-state index contributed by atoms with van der Waals surface area (Å²) in [6, 6.07) is 12.2. The van der Waals surface area contributed by atoms with Crippen LogP contribution in [0.5, 0.6) is 11.5 Å². The van der Waals surface area contributed by atoms with E-state index in [4.69, 9.17) is 9.47 Å². The highest BCUT2D eigenvalue weighted by atomic mass is 32.2. The maximum absolute atomic E-state index is 12.8. The second kappa shape index (κ2) is 7.23. The number of nitrogens with zero attached hydrogens (tertiary/aromatic N) is 1. The first-order chi connectivity index (χ1) is 14.1. The first-order valence-corrected chi connectivity index (χ1v) is 9.81. The van der Waals surface area contributed by atoms with E-state index in [1.165, 1.54) is 11.9 Å². The number of amidine groups is 1. The zero-order valence-corrected chi connectivity index (χ0v) is 15.9. The summed E-state index contributed by atoms with van der Waals surface area (Å²) in [4.78, 5) is 27.3. The first kappa shape index (κ1) is 18.3. The van der Waals surface area contributed by atoms with Gasteiger partial charge in [-0.2, -0.15) is 9.78 Å². The van der Waals surface area contributed by atoms with Gasteiger partial charge in [-0.15, -0.1) is 0 Å². The number of aliphatic hydroxyl groups is 1. The predicted octanol–water partition coefficient (Wildman–Crippen LogP) is 1.43. The van der Waals surface area contributed by atoms with Crippen LogP contribution >= 0.6 is 11.9 Å². The topological polar surface area (TPSA) is 117 Å². The molecule has 150 valence electrons. The summed E-state index contributed by atoms with van der Waals surface area (Å²) < 4.78 is 14.1. The van der Waals surface area contributed by atoms with Crippen LogP contribution in [0.4, 0.5) is 5.69 Å². The molecule has 0 saturated carbocycles. The van der Waals surface area contributed by atoms with Gasteiger partial charge in [0.05, 0.1) is 10.6 Å². The molecule has 2 aromatic carbocycles. The van der Waals surface area contributed by atoms with Crippen molar-refractivity contribution in [1.29, 1.82) is 0 Å². The van der Waals surface area contributed by atoms with Crippen LogP contribution in [0.15, 0.2) is 52.4 Å². The minimum absolute atomic E-state index is 0.0986. The van der Waals surface area contributed by atoms with Crippen molar-refractivity contribution in [2.45, 2.75) is 23.3 Å². The number of fused-ring (bicyclic) bond motifs is 2. The monoisotopic (exact) mass is 415 g/mol. The molecular weight excluding hydrogens is 398 g/mol. The number of rotatable bonds is 5. The maximum atomic E-state index is 12.8. The van der Waals surface area contributed by atoms with Gasteiger partial charge in [0.15, 0.2) is 11.5 Å². The number of ether oxygens (including phenoxy) is 2. The standard InChI is InChI=1S/C19H17N3O6S/c23-18(21-16(19(24)27-28-19)8-11-4-2-1-3-5-11)17-20-12-9-13-14(26-7-6-25-13)10-15(12)29-22-17/h1-5,9-10,16,24H,6-8H2,(H,20,22)(H,21,23)/t16-/m0/s1. The molecule has 29 heavy (non-hydrogen) atoms. The van der Waals surface area contributed by atoms with Crippen molar-refractivity contribution in [3.63, 3.8) is 0 Å². The van der Waals surface area contributed by atoms with Crippen molar-refractivity contribution in [1.82, 2.24) is 10.0 Å². The van der Waals surface area contributed by atoms with E-state index in [0.29, 0.717) is 36.8 Å². The van der Waals surface area contributed by atoms with E-state index in [-0.39, 0.29) is 5.84 Å². The fourth-order valence-corrected chi connectivity index (χ4v) is 3.80. The Morgan fingerprint density at radius 3 is 2.66 bits per heavy atom. The van der Waals surface area contributed by atoms with Crippen molar-refractivity contribution < 1.29 is 29.1 Å². The molecule has 1 atom stereocenters. The lowest BCUT2D eigenvalue weighted by Gasteiger charge is -2.23. The average molecular weight is 415 g/mol. The van der Waals surface area contributed by atoms with Gasteiger partial charge >= 0.3 is 5.97 Å². The summed E-state index contributed by atoms with van der Waals surface area (Å²) in [5.41, 5.74) is 1.51. The van der Waals surface area contributed by atoms with Gasteiger partial charge in [0, 0.05) is 18.6 Å². The molecule has 0 spiro atoms. The highest BCUT2D eigenvalue weighted by molar-refractivity contribution is 7.98. The molecule has 0 unspecified atom stereocenters. The Hall–Kier alpha value is -2.79. The van der Waals surface area contributed by atoms with Crippen LogP contribution in [-0.4, -0.2) is 42.1 Å². The summed E-state index contributed by atoms with van der Waals surface area (Å²) in [7, 11) is 0. The molecule has 3 aliphatic rings. The van der Waals surface area contributed by atoms with Crippen molar-refractivity contribution in [3.8, 4) is 11.5 Å². The summed E-state index contributed by atoms with van der Waals surface area (Å²) in [6.07, 6.45) is 0.318. The summed E-state index contributed by atoms with van der Waals surface area (Å²) in [5.74, 6) is -0.999. The van der Waals surface area contributed by atoms with Crippen molar-refractivity contribution >= 4 is 29.4 Å². The smallest absolute Gasteiger partial charge is 0.358 e. The molecule has 3 aliphatic heterocycles. The molecule has 10 heteroatoms. The largest absolute Gasteiger partial charge is 0.486 e. The van der Waals surface area contributed by atoms with Gasteiger partial charge in [0.25, 0.3) is 5.91 Å². The molecule has 0 bridgehead atoms. The predicted molar refractivity (Wildman–Crippen MR) is 103 cm³/mol. The molecule has 3 heterocycles. The molecule has 0 aliphatic carbocycles. The van der Waals surface area contributed by atoms with E-state index in [2.05, 4.69) is 24.8 Å². The molecule has 1 saturated heterocycles. The zero-order valence-electron chi connectivity index (χ0n) is 15.1. The number of hydrogen-bond acceptors (Lipinski definition) is 9. The van der Waals surface area contributed by atoms with E-state index < -0.39 is 17.9 Å². The lowest BCUT2D eigenvalue weighted by atomic mass is 10.0. The summed E-state index contributed by atoms with van der Waals surface area (Å²) >= 11 is 1.25. The Labute approximate surface area is 170 Å². The van der Waals surface area contributed by atoms with E-state index in [1.54, 1.807) is 6.07 Å². The number of aliphatic imine (C=N–C) groups is 1. The minimum atomic E-state index is -1.85. The number of amides is 1. The summed E-state index contributed by atoms with van der Waals surface area (Å²) in [5, 5.41) is 13.0. The van der Waals surface area contributed by atoms with Gasteiger partial charge in [-0.1, -0.05) is 30.3 Å². The molecule has 0 aromatic heterocycles. The number of carbonyl (C=O) groups excluding carboxylic acids is 1. The molecule has 1 fully saturated rings. The number of benzene rings is 2. The van der Waals surface area contributed by atoms with Gasteiger partial charge < -0.3 is 24.6 Å². The number of nitrogens with one attached hydrogen (secondary N) is 2. The molecule has 2 aromatic rings. The Morgan fingerprint density at radius 2 is 1.93 bits per heavy atom. The van der Waals surface area contributed by atoms with Crippen molar-refractivity contribution in [2.24, 2.45) is 4.99 Å². The highest BCUT2D eigenvalue weighted by Gasteiger charge is 2.55. The van der Waals surface area contributed by atoms with Crippen LogP contribution in [0.1, 0.15) is 5.56 Å². The van der Waals surface area contributed by atoms with Crippen LogP contribution in [0.25, 0.3) is 0 Å². The molecule has 9 nitrogen and oxygen atoms in total. The second-order valence-corrected chi connectivity index (χ2v) is 7.49. The quantitative estimate of drug-likeness (QED) is 0.382. The van der Waals surface area contributed by atoms with Crippen molar-refractivity contribution in [3.05, 3.63) is 48.0 Å². The van der Waals surface area contributed by atoms with Crippen molar-refractivity contribution in [2.75, 3.05) is 13.2 Å². The van der Waals surface area contributed by atoms with Gasteiger partial charge in [-0.25, -0.2) is 4.99 Å². The lowest BCUT2D eigenvalue weighted by molar-refractivity contribution is -0.118. The van der Waals surface area contributed by atoms with E-state index in [9.17, 15) is 9.90 Å². The second-order valence-electron chi connectivity index (χ2n) is 6.64. The molecular formula is C19H17N3O6S. The molecule has 5 rings (SSSR count). The fraction of sp³-hybridized carbons (Fsp3) is 0.263. The highest BCUT2D eigenvalue weighted by Crippen LogP contribution is 2.42. The Morgan fingerprint density at radius 1 is 1.21 bits per heavy atom. The third kappa shape index (κ3) is 3.75. The molecule has 1 amide bonds. The van der Waals surface area contributed by atoms with Gasteiger partial charge in [-0.05, 0) is 17.5 Å². The SMILES string of the molecule is O=C(N[C@@H](Cc1ccccc1)C1(O)OO1)C1=Nc2cc3c(cc2SN1)OCCO3. The van der Waals surface area contributed by atoms with Crippen LogP contribution in [0, 0.1) is 0 Å². The summed E-state index contributed by atoms with van der Waals surface area (Å²) in [6.45, 7) is 0.963. The fourth-order valence-electron chi connectivity index (χ4n) is 3.08. The third-order valence-electron chi connectivity index (χ3n) is 4.61. The van der Waals surface area contributed by atoms with Gasteiger partial charge in [0.1, 0.15) is 19.3 Å². The Kier molecular flexibility index (Phi) is 4.55. The lowest BCUT2D eigenvalue weighted by Crippen LogP contribution is -2.51. The van der Waals surface area contributed by atoms with E-state index in [0.717, 1.165) is 10.5 Å². The van der Waals surface area contributed by atoms with Gasteiger partial charge in [0.2, 0.25) is 5.84 Å². The Balaban J connectivity index is 1.35. The third-order valence-corrected chi connectivity index (χ3v) is 5.45.